The van der Waals surface area contributed by atoms with Gasteiger partial charge in [-0.1, -0.05) is 27.7 Å². The van der Waals surface area contributed by atoms with Gasteiger partial charge in [0, 0.05) is 13.1 Å². The molecule has 0 radical (unpaired) electrons. The second-order valence-corrected chi connectivity index (χ2v) is 6.55. The molecule has 0 heterocycles. The van der Waals surface area contributed by atoms with Crippen molar-refractivity contribution in [3.8, 4) is 0 Å². The average molecular weight is 330 g/mol. The minimum atomic E-state index is -0.418. The third kappa shape index (κ3) is 14.2. The van der Waals surface area contributed by atoms with Crippen LogP contribution in [0, 0.1) is 11.8 Å². The molecule has 0 aromatic carbocycles. The second kappa shape index (κ2) is 13.3. The summed E-state index contributed by atoms with van der Waals surface area (Å²) in [7, 11) is 0. The fourth-order valence-corrected chi connectivity index (χ4v) is 1.83. The molecule has 2 amide bonds. The number of rotatable bonds is 14. The van der Waals surface area contributed by atoms with Gasteiger partial charge in [0.25, 0.3) is 0 Å². The van der Waals surface area contributed by atoms with Crippen LogP contribution in [0.4, 0.5) is 0 Å². The lowest BCUT2D eigenvalue weighted by Crippen LogP contribution is -2.45. The van der Waals surface area contributed by atoms with E-state index in [9.17, 15) is 9.59 Å². The molecule has 0 saturated heterocycles. The quantitative estimate of drug-likeness (QED) is 0.332. The van der Waals surface area contributed by atoms with E-state index in [0.29, 0.717) is 38.0 Å². The molecule has 0 aromatic rings. The first-order valence-electron chi connectivity index (χ1n) is 8.40. The zero-order chi connectivity index (χ0) is 17.7. The molecule has 0 aliphatic heterocycles. The SMILES string of the molecule is CC(C)CNCCOCC(=O)NCCC(NCC(C)C)C(N)=O. The Labute approximate surface area is 140 Å². The Bertz CT molecular complexity index is 335. The van der Waals surface area contributed by atoms with Gasteiger partial charge in [-0.2, -0.15) is 0 Å². The van der Waals surface area contributed by atoms with E-state index in [2.05, 4.69) is 43.6 Å². The highest BCUT2D eigenvalue weighted by atomic mass is 16.5. The van der Waals surface area contributed by atoms with E-state index >= 15 is 0 Å². The maximum atomic E-state index is 11.6. The molecule has 0 spiro atoms. The second-order valence-electron chi connectivity index (χ2n) is 6.55. The highest BCUT2D eigenvalue weighted by Gasteiger charge is 2.15. The van der Waals surface area contributed by atoms with Crippen molar-refractivity contribution < 1.29 is 14.3 Å². The third-order valence-electron chi connectivity index (χ3n) is 3.08. The summed E-state index contributed by atoms with van der Waals surface area (Å²) in [6, 6.07) is -0.418. The Morgan fingerprint density at radius 3 is 2.26 bits per heavy atom. The summed E-state index contributed by atoms with van der Waals surface area (Å²) < 4.78 is 5.28. The molecule has 7 heteroatoms. The van der Waals surface area contributed by atoms with Gasteiger partial charge in [0.05, 0.1) is 12.6 Å². The van der Waals surface area contributed by atoms with Gasteiger partial charge in [-0.15, -0.1) is 0 Å². The molecule has 7 nitrogen and oxygen atoms in total. The normalized spacial score (nSPS) is 12.6. The van der Waals surface area contributed by atoms with Crippen LogP contribution in [-0.4, -0.2) is 57.2 Å². The van der Waals surface area contributed by atoms with E-state index in [0.717, 1.165) is 13.1 Å². The Hall–Kier alpha value is -1.18. The number of nitrogens with one attached hydrogen (secondary N) is 3. The molecule has 5 N–H and O–H groups in total. The zero-order valence-corrected chi connectivity index (χ0v) is 15.0. The number of nitrogens with two attached hydrogens (primary N) is 1. The number of hydrogen-bond donors (Lipinski definition) is 4. The van der Waals surface area contributed by atoms with Crippen LogP contribution >= 0.6 is 0 Å². The van der Waals surface area contributed by atoms with Gasteiger partial charge in [-0.05, 0) is 31.3 Å². The summed E-state index contributed by atoms with van der Waals surface area (Å²) in [5.41, 5.74) is 5.34. The van der Waals surface area contributed by atoms with Gasteiger partial charge in [0.15, 0.2) is 0 Å². The predicted octanol–water partition coefficient (Wildman–Crippen LogP) is -0.146. The molecule has 0 fully saturated rings. The van der Waals surface area contributed by atoms with Crippen LogP contribution in [0.5, 0.6) is 0 Å². The standard InChI is InChI=1S/C16H34N4O3/c1-12(2)9-18-7-8-23-11-15(21)19-6-5-14(16(17)22)20-10-13(3)4/h12-14,18,20H,5-11H2,1-4H3,(H2,17,22)(H,19,21). The number of carbonyl (C=O) groups excluding carboxylic acids is 2. The predicted molar refractivity (Wildman–Crippen MR) is 92.0 cm³/mol. The average Bonchev–Trinajstić information content (AvgIpc) is 2.45. The smallest absolute Gasteiger partial charge is 0.245 e. The van der Waals surface area contributed by atoms with Crippen molar-refractivity contribution in [3.63, 3.8) is 0 Å². The first kappa shape index (κ1) is 21.8. The molecular weight excluding hydrogens is 296 g/mol. The molecule has 0 aromatic heterocycles. The van der Waals surface area contributed by atoms with Crippen molar-refractivity contribution in [2.24, 2.45) is 17.6 Å². The van der Waals surface area contributed by atoms with Gasteiger partial charge in [0.1, 0.15) is 6.61 Å². The molecule has 1 unspecified atom stereocenters. The van der Waals surface area contributed by atoms with Crippen molar-refractivity contribution in [3.05, 3.63) is 0 Å². The fourth-order valence-electron chi connectivity index (χ4n) is 1.83. The highest BCUT2D eigenvalue weighted by Crippen LogP contribution is 1.94. The summed E-state index contributed by atoms with van der Waals surface area (Å²) in [5.74, 6) is 0.457. The van der Waals surface area contributed by atoms with Crippen LogP contribution in [0.2, 0.25) is 0 Å². The lowest BCUT2D eigenvalue weighted by molar-refractivity contribution is -0.126. The lowest BCUT2D eigenvalue weighted by Gasteiger charge is -2.17. The molecule has 0 rings (SSSR count). The molecule has 0 saturated carbocycles. The van der Waals surface area contributed by atoms with Crippen molar-refractivity contribution in [2.45, 2.75) is 40.2 Å². The third-order valence-corrected chi connectivity index (χ3v) is 3.08. The molecule has 0 bridgehead atoms. The van der Waals surface area contributed by atoms with Crippen molar-refractivity contribution in [1.29, 1.82) is 0 Å². The first-order chi connectivity index (χ1) is 10.8. The number of amides is 2. The van der Waals surface area contributed by atoms with E-state index in [1.807, 2.05) is 0 Å². The fraction of sp³-hybridized carbons (Fsp3) is 0.875. The van der Waals surface area contributed by atoms with Crippen LogP contribution in [0.1, 0.15) is 34.1 Å². The van der Waals surface area contributed by atoms with E-state index in [1.165, 1.54) is 0 Å². The van der Waals surface area contributed by atoms with E-state index in [4.69, 9.17) is 10.5 Å². The molecular formula is C16H34N4O3. The van der Waals surface area contributed by atoms with Crippen LogP contribution in [0.15, 0.2) is 0 Å². The number of hydrogen-bond acceptors (Lipinski definition) is 5. The first-order valence-corrected chi connectivity index (χ1v) is 8.40. The molecule has 0 aliphatic carbocycles. The van der Waals surface area contributed by atoms with Gasteiger partial charge >= 0.3 is 0 Å². The topological polar surface area (TPSA) is 105 Å². The zero-order valence-electron chi connectivity index (χ0n) is 15.0. The number of primary amides is 1. The molecule has 1 atom stereocenters. The van der Waals surface area contributed by atoms with Gasteiger partial charge in [-0.25, -0.2) is 0 Å². The Balaban J connectivity index is 3.68. The van der Waals surface area contributed by atoms with Gasteiger partial charge in [0.2, 0.25) is 11.8 Å². The summed E-state index contributed by atoms with van der Waals surface area (Å²) in [6.07, 6.45) is 0.476. The van der Waals surface area contributed by atoms with Crippen molar-refractivity contribution >= 4 is 11.8 Å². The van der Waals surface area contributed by atoms with Crippen molar-refractivity contribution in [2.75, 3.05) is 39.4 Å². The summed E-state index contributed by atoms with van der Waals surface area (Å²) in [6.45, 7) is 11.7. The Kier molecular flexibility index (Phi) is 12.6. The van der Waals surface area contributed by atoms with Crippen molar-refractivity contribution in [1.82, 2.24) is 16.0 Å². The molecule has 136 valence electrons. The molecule has 0 aliphatic rings. The van der Waals surface area contributed by atoms with E-state index in [-0.39, 0.29) is 12.5 Å². The summed E-state index contributed by atoms with van der Waals surface area (Å²) in [5, 5.41) is 9.07. The van der Waals surface area contributed by atoms with Crippen LogP contribution in [-0.2, 0) is 14.3 Å². The van der Waals surface area contributed by atoms with Crippen LogP contribution < -0.4 is 21.7 Å². The number of ether oxygens (including phenoxy) is 1. The maximum Gasteiger partial charge on any atom is 0.245 e. The lowest BCUT2D eigenvalue weighted by atomic mass is 10.1. The Morgan fingerprint density at radius 2 is 1.70 bits per heavy atom. The van der Waals surface area contributed by atoms with Gasteiger partial charge < -0.3 is 26.4 Å². The van der Waals surface area contributed by atoms with E-state index in [1.54, 1.807) is 0 Å². The number of carbonyl (C=O) groups is 2. The van der Waals surface area contributed by atoms with Gasteiger partial charge in [-0.3, -0.25) is 9.59 Å². The monoisotopic (exact) mass is 330 g/mol. The largest absolute Gasteiger partial charge is 0.370 e. The van der Waals surface area contributed by atoms with E-state index < -0.39 is 11.9 Å². The minimum absolute atomic E-state index is 0.0318. The minimum Gasteiger partial charge on any atom is -0.370 e. The molecule has 23 heavy (non-hydrogen) atoms. The maximum absolute atomic E-state index is 11.6. The van der Waals surface area contributed by atoms with Crippen LogP contribution in [0.25, 0.3) is 0 Å². The summed E-state index contributed by atoms with van der Waals surface area (Å²) >= 11 is 0. The Morgan fingerprint density at radius 1 is 1.04 bits per heavy atom. The highest BCUT2D eigenvalue weighted by molar-refractivity contribution is 5.80. The van der Waals surface area contributed by atoms with Crippen LogP contribution in [0.3, 0.4) is 0 Å². The summed E-state index contributed by atoms with van der Waals surface area (Å²) in [4.78, 5) is 22.9.